The second-order valence-corrected chi connectivity index (χ2v) is 7.27. The Morgan fingerprint density at radius 3 is 2.92 bits per heavy atom. The molecule has 2 aromatic rings. The standard InChI is InChI=1S/C15H17F2N3O3S/c16-11-4-5-14(17)15(7-11)24(21,22)19-12-8-18-20(9-12)10-13-3-1-2-6-23-13/h4-5,7-9,13,19H,1-3,6,10H2. The third-order valence-corrected chi connectivity index (χ3v) is 5.13. The third kappa shape index (κ3) is 3.90. The van der Waals surface area contributed by atoms with Crippen molar-refractivity contribution in [2.45, 2.75) is 36.8 Å². The molecular formula is C15H17F2N3O3S. The molecule has 1 unspecified atom stereocenters. The summed E-state index contributed by atoms with van der Waals surface area (Å²) in [5, 5.41) is 4.07. The first-order valence-corrected chi connectivity index (χ1v) is 9.04. The van der Waals surface area contributed by atoms with Crippen molar-refractivity contribution in [2.24, 2.45) is 0 Å². The van der Waals surface area contributed by atoms with Gasteiger partial charge in [0.25, 0.3) is 10.0 Å². The smallest absolute Gasteiger partial charge is 0.265 e. The molecule has 1 aromatic carbocycles. The van der Waals surface area contributed by atoms with Crippen LogP contribution in [0.5, 0.6) is 0 Å². The molecule has 1 fully saturated rings. The molecule has 1 aliphatic heterocycles. The van der Waals surface area contributed by atoms with Crippen molar-refractivity contribution in [3.05, 3.63) is 42.2 Å². The Labute approximate surface area is 138 Å². The largest absolute Gasteiger partial charge is 0.376 e. The maximum Gasteiger partial charge on any atom is 0.265 e. The average Bonchev–Trinajstić information content (AvgIpc) is 2.97. The lowest BCUT2D eigenvalue weighted by Gasteiger charge is -2.22. The molecule has 0 bridgehead atoms. The molecule has 0 saturated carbocycles. The van der Waals surface area contributed by atoms with Crippen molar-refractivity contribution in [3.8, 4) is 0 Å². The highest BCUT2D eigenvalue weighted by Crippen LogP contribution is 2.20. The molecule has 3 rings (SSSR count). The Bertz CT molecular complexity index is 817. The highest BCUT2D eigenvalue weighted by Gasteiger charge is 2.21. The van der Waals surface area contributed by atoms with E-state index in [-0.39, 0.29) is 11.8 Å². The molecule has 1 saturated heterocycles. The van der Waals surface area contributed by atoms with E-state index in [2.05, 4.69) is 9.82 Å². The molecule has 6 nitrogen and oxygen atoms in total. The number of benzene rings is 1. The van der Waals surface area contributed by atoms with Gasteiger partial charge in [0.1, 0.15) is 16.5 Å². The topological polar surface area (TPSA) is 73.2 Å². The maximum absolute atomic E-state index is 13.7. The fourth-order valence-electron chi connectivity index (χ4n) is 2.57. The van der Waals surface area contributed by atoms with Crippen molar-refractivity contribution >= 4 is 15.7 Å². The Morgan fingerprint density at radius 1 is 1.33 bits per heavy atom. The Kier molecular flexibility index (Phi) is 4.81. The van der Waals surface area contributed by atoms with Crippen LogP contribution in [0.2, 0.25) is 0 Å². The molecular weight excluding hydrogens is 340 g/mol. The normalized spacial score (nSPS) is 18.5. The summed E-state index contributed by atoms with van der Waals surface area (Å²) >= 11 is 0. The maximum atomic E-state index is 13.7. The minimum atomic E-state index is -4.24. The van der Waals surface area contributed by atoms with Crippen molar-refractivity contribution in [3.63, 3.8) is 0 Å². The van der Waals surface area contributed by atoms with E-state index in [1.165, 1.54) is 12.4 Å². The summed E-state index contributed by atoms with van der Waals surface area (Å²) in [6.45, 7) is 1.22. The fraction of sp³-hybridized carbons (Fsp3) is 0.400. The van der Waals surface area contributed by atoms with Crippen LogP contribution in [0.1, 0.15) is 19.3 Å². The van der Waals surface area contributed by atoms with Gasteiger partial charge < -0.3 is 4.74 Å². The molecule has 0 amide bonds. The summed E-state index contributed by atoms with van der Waals surface area (Å²) in [6.07, 6.45) is 5.91. The predicted molar refractivity (Wildman–Crippen MR) is 83.0 cm³/mol. The average molecular weight is 357 g/mol. The lowest BCUT2D eigenvalue weighted by molar-refractivity contribution is 0.00401. The third-order valence-electron chi connectivity index (χ3n) is 3.73. The summed E-state index contributed by atoms with van der Waals surface area (Å²) in [4.78, 5) is -0.745. The van der Waals surface area contributed by atoms with Crippen molar-refractivity contribution in [1.29, 1.82) is 0 Å². The van der Waals surface area contributed by atoms with Gasteiger partial charge in [-0.15, -0.1) is 0 Å². The van der Waals surface area contributed by atoms with Crippen molar-refractivity contribution in [1.82, 2.24) is 9.78 Å². The minimum Gasteiger partial charge on any atom is -0.376 e. The van der Waals surface area contributed by atoms with Gasteiger partial charge in [0.15, 0.2) is 0 Å². The zero-order valence-corrected chi connectivity index (χ0v) is 13.6. The molecule has 1 aromatic heterocycles. The van der Waals surface area contributed by atoms with Gasteiger partial charge in [0, 0.05) is 12.8 Å². The molecule has 1 aliphatic rings. The summed E-state index contributed by atoms with van der Waals surface area (Å²) in [5.74, 6) is -1.85. The van der Waals surface area contributed by atoms with Crippen LogP contribution < -0.4 is 4.72 Å². The number of hydrogen-bond donors (Lipinski definition) is 1. The van der Waals surface area contributed by atoms with Gasteiger partial charge in [-0.2, -0.15) is 5.10 Å². The number of rotatable bonds is 5. The van der Waals surface area contributed by atoms with Gasteiger partial charge in [-0.25, -0.2) is 17.2 Å². The van der Waals surface area contributed by atoms with Crippen LogP contribution in [0, 0.1) is 11.6 Å². The quantitative estimate of drug-likeness (QED) is 0.892. The summed E-state index contributed by atoms with van der Waals surface area (Å²) in [7, 11) is -4.24. The summed E-state index contributed by atoms with van der Waals surface area (Å²) in [6, 6.07) is 2.27. The monoisotopic (exact) mass is 357 g/mol. The number of ether oxygens (including phenoxy) is 1. The van der Waals surface area contributed by atoms with Crippen LogP contribution >= 0.6 is 0 Å². The number of halogens is 2. The Balaban J connectivity index is 1.72. The summed E-state index contributed by atoms with van der Waals surface area (Å²) < 4.78 is 60.6. The highest BCUT2D eigenvalue weighted by atomic mass is 32.2. The second kappa shape index (κ2) is 6.86. The lowest BCUT2D eigenvalue weighted by atomic mass is 10.1. The van der Waals surface area contributed by atoms with Crippen LogP contribution in [0.15, 0.2) is 35.5 Å². The van der Waals surface area contributed by atoms with E-state index >= 15 is 0 Å². The van der Waals surface area contributed by atoms with E-state index in [9.17, 15) is 17.2 Å². The van der Waals surface area contributed by atoms with Crippen LogP contribution in [0.4, 0.5) is 14.5 Å². The molecule has 1 atom stereocenters. The first kappa shape index (κ1) is 16.8. The molecule has 130 valence electrons. The van der Waals surface area contributed by atoms with Crippen molar-refractivity contribution < 1.29 is 21.9 Å². The number of aromatic nitrogens is 2. The van der Waals surface area contributed by atoms with E-state index < -0.39 is 26.6 Å². The SMILES string of the molecule is O=S(=O)(Nc1cnn(CC2CCCCO2)c1)c1cc(F)ccc1F. The number of sulfonamides is 1. The molecule has 1 N–H and O–H groups in total. The summed E-state index contributed by atoms with van der Waals surface area (Å²) in [5.41, 5.74) is 0.175. The van der Waals surface area contributed by atoms with Crippen LogP contribution in [-0.4, -0.2) is 30.9 Å². The van der Waals surface area contributed by atoms with Gasteiger partial charge in [0.2, 0.25) is 0 Å². The molecule has 2 heterocycles. The van der Waals surface area contributed by atoms with Gasteiger partial charge in [-0.05, 0) is 37.5 Å². The predicted octanol–water partition coefficient (Wildman–Crippen LogP) is 2.53. The van der Waals surface area contributed by atoms with Crippen LogP contribution in [0.25, 0.3) is 0 Å². The Hall–Kier alpha value is -2.00. The van der Waals surface area contributed by atoms with Gasteiger partial charge in [-0.3, -0.25) is 9.40 Å². The van der Waals surface area contributed by atoms with E-state index in [1.807, 2.05) is 0 Å². The zero-order valence-electron chi connectivity index (χ0n) is 12.8. The first-order valence-electron chi connectivity index (χ1n) is 7.56. The Morgan fingerprint density at radius 2 is 2.17 bits per heavy atom. The van der Waals surface area contributed by atoms with E-state index in [0.29, 0.717) is 19.2 Å². The highest BCUT2D eigenvalue weighted by molar-refractivity contribution is 7.92. The second-order valence-electron chi connectivity index (χ2n) is 5.62. The number of anilines is 1. The minimum absolute atomic E-state index is 0.0452. The van der Waals surface area contributed by atoms with E-state index in [0.717, 1.165) is 31.4 Å². The lowest BCUT2D eigenvalue weighted by Crippen LogP contribution is -2.24. The molecule has 9 heteroatoms. The van der Waals surface area contributed by atoms with Gasteiger partial charge in [0.05, 0.1) is 24.5 Å². The van der Waals surface area contributed by atoms with Gasteiger partial charge in [-0.1, -0.05) is 0 Å². The van der Waals surface area contributed by atoms with Crippen LogP contribution in [-0.2, 0) is 21.3 Å². The number of hydrogen-bond acceptors (Lipinski definition) is 4. The van der Waals surface area contributed by atoms with Crippen molar-refractivity contribution in [2.75, 3.05) is 11.3 Å². The van der Waals surface area contributed by atoms with Crippen LogP contribution in [0.3, 0.4) is 0 Å². The molecule has 0 spiro atoms. The van der Waals surface area contributed by atoms with E-state index in [4.69, 9.17) is 4.74 Å². The van der Waals surface area contributed by atoms with Gasteiger partial charge >= 0.3 is 0 Å². The molecule has 0 radical (unpaired) electrons. The van der Waals surface area contributed by atoms with E-state index in [1.54, 1.807) is 4.68 Å². The molecule has 24 heavy (non-hydrogen) atoms. The first-order chi connectivity index (χ1) is 11.4. The fourth-order valence-corrected chi connectivity index (χ4v) is 3.69. The zero-order chi connectivity index (χ0) is 17.2. The number of nitrogens with one attached hydrogen (secondary N) is 1. The molecule has 0 aliphatic carbocycles. The number of nitrogens with zero attached hydrogens (tertiary/aromatic N) is 2.